The molecule has 1 atom stereocenters. The molecule has 1 saturated carbocycles. The van der Waals surface area contributed by atoms with Gasteiger partial charge in [0.2, 0.25) is 0 Å². The molecule has 0 aliphatic heterocycles. The molecule has 1 unspecified atom stereocenters. The van der Waals surface area contributed by atoms with Crippen LogP contribution in [0.25, 0.3) is 0 Å². The second-order valence-electron chi connectivity index (χ2n) is 4.49. The Balaban J connectivity index is 1.88. The monoisotopic (exact) mass is 227 g/mol. The highest BCUT2D eigenvalue weighted by molar-refractivity contribution is 6.28. The van der Waals surface area contributed by atoms with Gasteiger partial charge in [0.1, 0.15) is 5.76 Å². The van der Waals surface area contributed by atoms with Crippen LogP contribution in [0.5, 0.6) is 0 Å². The zero-order valence-electron chi connectivity index (χ0n) is 8.92. The van der Waals surface area contributed by atoms with Crippen molar-refractivity contribution in [2.45, 2.75) is 44.6 Å². The Morgan fingerprint density at radius 2 is 2.07 bits per heavy atom. The molecule has 0 saturated heterocycles. The Hall–Kier alpha value is -0.470. The molecule has 1 aromatic heterocycles. The third-order valence-corrected chi connectivity index (χ3v) is 3.47. The van der Waals surface area contributed by atoms with Gasteiger partial charge in [0, 0.05) is 0 Å². The van der Waals surface area contributed by atoms with Gasteiger partial charge in [-0.1, -0.05) is 32.1 Å². The van der Waals surface area contributed by atoms with Crippen LogP contribution in [-0.2, 0) is 0 Å². The van der Waals surface area contributed by atoms with Crippen LogP contribution in [0, 0.1) is 5.92 Å². The van der Waals surface area contributed by atoms with Crippen LogP contribution >= 0.6 is 11.6 Å². The van der Waals surface area contributed by atoms with E-state index in [1.807, 2.05) is 6.07 Å². The summed E-state index contributed by atoms with van der Waals surface area (Å²) in [6.45, 7) is 0. The van der Waals surface area contributed by atoms with Crippen molar-refractivity contribution in [3.8, 4) is 0 Å². The largest absolute Gasteiger partial charge is 0.448 e. The van der Waals surface area contributed by atoms with E-state index in [4.69, 9.17) is 21.8 Å². The summed E-state index contributed by atoms with van der Waals surface area (Å²) >= 11 is 5.73. The minimum Gasteiger partial charge on any atom is -0.448 e. The predicted molar refractivity (Wildman–Crippen MR) is 61.8 cm³/mol. The van der Waals surface area contributed by atoms with E-state index in [1.54, 1.807) is 6.07 Å². The lowest BCUT2D eigenvalue weighted by molar-refractivity contribution is 0.304. The summed E-state index contributed by atoms with van der Waals surface area (Å²) in [7, 11) is 0. The zero-order valence-corrected chi connectivity index (χ0v) is 9.67. The van der Waals surface area contributed by atoms with Gasteiger partial charge in [-0.15, -0.1) is 0 Å². The smallest absolute Gasteiger partial charge is 0.193 e. The zero-order chi connectivity index (χ0) is 10.7. The van der Waals surface area contributed by atoms with E-state index in [9.17, 15) is 0 Å². The van der Waals surface area contributed by atoms with Gasteiger partial charge >= 0.3 is 0 Å². The van der Waals surface area contributed by atoms with Gasteiger partial charge < -0.3 is 10.2 Å². The summed E-state index contributed by atoms with van der Waals surface area (Å²) < 4.78 is 5.33. The van der Waals surface area contributed by atoms with Gasteiger partial charge in [0.05, 0.1) is 6.04 Å². The summed E-state index contributed by atoms with van der Waals surface area (Å²) in [5.74, 6) is 1.60. The Bertz CT molecular complexity index is 304. The third kappa shape index (κ3) is 2.99. The molecule has 1 fully saturated rings. The number of hydrogen-bond acceptors (Lipinski definition) is 2. The number of furan rings is 1. The van der Waals surface area contributed by atoms with Crippen LogP contribution in [-0.4, -0.2) is 0 Å². The molecule has 1 heterocycles. The Labute approximate surface area is 95.8 Å². The molecular weight excluding hydrogens is 210 g/mol. The minimum absolute atomic E-state index is 0.0144. The van der Waals surface area contributed by atoms with Crippen LogP contribution in [0.15, 0.2) is 16.5 Å². The quantitative estimate of drug-likeness (QED) is 0.851. The lowest BCUT2D eigenvalue weighted by Crippen LogP contribution is -2.16. The van der Waals surface area contributed by atoms with Crippen LogP contribution in [0.4, 0.5) is 0 Å². The number of halogens is 1. The molecule has 0 aromatic carbocycles. The average molecular weight is 228 g/mol. The van der Waals surface area contributed by atoms with E-state index in [1.165, 1.54) is 32.1 Å². The second kappa shape index (κ2) is 5.04. The summed E-state index contributed by atoms with van der Waals surface area (Å²) in [6, 6.07) is 3.66. The molecule has 0 bridgehead atoms. The number of rotatable bonds is 3. The maximum Gasteiger partial charge on any atom is 0.193 e. The van der Waals surface area contributed by atoms with Crippen LogP contribution in [0.3, 0.4) is 0 Å². The summed E-state index contributed by atoms with van der Waals surface area (Å²) in [4.78, 5) is 0. The van der Waals surface area contributed by atoms with E-state index in [0.717, 1.165) is 18.1 Å². The number of hydrogen-bond donors (Lipinski definition) is 1. The molecule has 1 aliphatic rings. The molecule has 2 rings (SSSR count). The lowest BCUT2D eigenvalue weighted by atomic mass is 9.84. The summed E-state index contributed by atoms with van der Waals surface area (Å²) in [5, 5.41) is 0.434. The van der Waals surface area contributed by atoms with Crippen molar-refractivity contribution >= 4 is 11.6 Å². The SMILES string of the molecule is NC(CC1CCCCC1)c1ccc(Cl)o1. The average Bonchev–Trinajstić information content (AvgIpc) is 2.66. The van der Waals surface area contributed by atoms with Crippen molar-refractivity contribution < 1.29 is 4.42 Å². The maximum absolute atomic E-state index is 6.09. The fourth-order valence-electron chi connectivity index (χ4n) is 2.43. The first-order valence-electron chi connectivity index (χ1n) is 5.76. The van der Waals surface area contributed by atoms with Gasteiger partial charge in [-0.05, 0) is 36.1 Å². The Morgan fingerprint density at radius 1 is 1.33 bits per heavy atom. The summed E-state index contributed by atoms with van der Waals surface area (Å²) in [6.07, 6.45) is 7.78. The lowest BCUT2D eigenvalue weighted by Gasteiger charge is -2.23. The molecule has 0 spiro atoms. The molecule has 0 amide bonds. The van der Waals surface area contributed by atoms with Crippen LogP contribution in [0.1, 0.15) is 50.3 Å². The predicted octanol–water partition coefficient (Wildman–Crippen LogP) is 3.90. The second-order valence-corrected chi connectivity index (χ2v) is 4.86. The first-order valence-corrected chi connectivity index (χ1v) is 6.14. The van der Waals surface area contributed by atoms with Crippen molar-refractivity contribution in [2.75, 3.05) is 0 Å². The molecule has 1 aromatic rings. The van der Waals surface area contributed by atoms with Crippen LogP contribution in [0.2, 0.25) is 5.22 Å². The third-order valence-electron chi connectivity index (χ3n) is 3.27. The molecule has 0 radical (unpaired) electrons. The van der Waals surface area contributed by atoms with Gasteiger partial charge in [0.15, 0.2) is 5.22 Å². The molecule has 1 aliphatic carbocycles. The highest BCUT2D eigenvalue weighted by atomic mass is 35.5. The van der Waals surface area contributed by atoms with Gasteiger partial charge in [-0.25, -0.2) is 0 Å². The minimum atomic E-state index is 0.0144. The standard InChI is InChI=1S/C12H18ClNO/c13-12-7-6-11(15-12)10(14)8-9-4-2-1-3-5-9/h6-7,9-10H,1-5,8,14H2. The molecule has 15 heavy (non-hydrogen) atoms. The van der Waals surface area contributed by atoms with E-state index < -0.39 is 0 Å². The van der Waals surface area contributed by atoms with Crippen molar-refractivity contribution in [1.82, 2.24) is 0 Å². The van der Waals surface area contributed by atoms with Crippen molar-refractivity contribution in [2.24, 2.45) is 11.7 Å². The van der Waals surface area contributed by atoms with Gasteiger partial charge in [0.25, 0.3) is 0 Å². The van der Waals surface area contributed by atoms with Gasteiger partial charge in [-0.2, -0.15) is 0 Å². The Kier molecular flexibility index (Phi) is 3.71. The van der Waals surface area contributed by atoms with E-state index in [0.29, 0.717) is 5.22 Å². The fraction of sp³-hybridized carbons (Fsp3) is 0.667. The van der Waals surface area contributed by atoms with Crippen molar-refractivity contribution in [1.29, 1.82) is 0 Å². The fourth-order valence-corrected chi connectivity index (χ4v) is 2.58. The Morgan fingerprint density at radius 3 is 2.67 bits per heavy atom. The molecule has 2 nitrogen and oxygen atoms in total. The van der Waals surface area contributed by atoms with Crippen molar-refractivity contribution in [3.05, 3.63) is 23.1 Å². The highest BCUT2D eigenvalue weighted by Gasteiger charge is 2.19. The molecule has 2 N–H and O–H groups in total. The van der Waals surface area contributed by atoms with Gasteiger partial charge in [-0.3, -0.25) is 0 Å². The van der Waals surface area contributed by atoms with Crippen LogP contribution < -0.4 is 5.73 Å². The van der Waals surface area contributed by atoms with E-state index in [2.05, 4.69) is 0 Å². The van der Waals surface area contributed by atoms with Crippen molar-refractivity contribution in [3.63, 3.8) is 0 Å². The normalized spacial score (nSPS) is 20.4. The van der Waals surface area contributed by atoms with E-state index in [-0.39, 0.29) is 6.04 Å². The highest BCUT2D eigenvalue weighted by Crippen LogP contribution is 2.31. The topological polar surface area (TPSA) is 39.2 Å². The molecular formula is C12H18ClNO. The first kappa shape index (κ1) is 11.0. The maximum atomic E-state index is 6.09. The molecule has 3 heteroatoms. The first-order chi connectivity index (χ1) is 7.25. The van der Waals surface area contributed by atoms with E-state index >= 15 is 0 Å². The molecule has 84 valence electrons. The number of nitrogens with two attached hydrogens (primary N) is 1. The summed E-state index contributed by atoms with van der Waals surface area (Å²) in [5.41, 5.74) is 6.09.